The van der Waals surface area contributed by atoms with Crippen molar-refractivity contribution in [2.45, 2.75) is 19.9 Å². The topological polar surface area (TPSA) is 104 Å². The number of nitrogens with zero attached hydrogens (tertiary/aromatic N) is 3. The van der Waals surface area contributed by atoms with E-state index in [1.54, 1.807) is 26.1 Å². The Morgan fingerprint density at radius 2 is 1.73 bits per heavy atom. The standard InChI is InChI=1S/C24H28FN5O3/c1-3-29(20(31)16-28(2)14-13-17-9-11-19(25)12-10-17)21-22(26)30(24(33)27-23(21)32)15-18-7-5-4-6-8-18/h4-12H,3,13-16,26H2,1-2H3,(H,27,32,33). The van der Waals surface area contributed by atoms with E-state index in [-0.39, 0.29) is 42.9 Å². The smallest absolute Gasteiger partial charge is 0.330 e. The van der Waals surface area contributed by atoms with Crippen molar-refractivity contribution in [2.24, 2.45) is 0 Å². The zero-order valence-electron chi connectivity index (χ0n) is 18.8. The van der Waals surface area contributed by atoms with Gasteiger partial charge in [0.2, 0.25) is 5.91 Å². The lowest BCUT2D eigenvalue weighted by molar-refractivity contribution is -0.119. The second-order valence-electron chi connectivity index (χ2n) is 7.82. The van der Waals surface area contributed by atoms with Crippen molar-refractivity contribution in [1.82, 2.24) is 14.5 Å². The van der Waals surface area contributed by atoms with Crippen LogP contribution in [0.2, 0.25) is 0 Å². The molecule has 3 aromatic rings. The maximum absolute atomic E-state index is 13.1. The maximum Gasteiger partial charge on any atom is 0.330 e. The Kier molecular flexibility index (Phi) is 7.78. The number of rotatable bonds is 9. The second kappa shape index (κ2) is 10.7. The molecule has 174 valence electrons. The minimum absolute atomic E-state index is 0.0371. The van der Waals surface area contributed by atoms with Crippen LogP contribution in [0.3, 0.4) is 0 Å². The van der Waals surface area contributed by atoms with Crippen molar-refractivity contribution in [3.63, 3.8) is 0 Å². The summed E-state index contributed by atoms with van der Waals surface area (Å²) in [5, 5.41) is 0. The number of carbonyl (C=O) groups excluding carboxylic acids is 1. The first-order valence-corrected chi connectivity index (χ1v) is 10.7. The van der Waals surface area contributed by atoms with E-state index in [2.05, 4.69) is 4.98 Å². The number of hydrogen-bond donors (Lipinski definition) is 2. The Balaban J connectivity index is 1.77. The molecule has 0 saturated carbocycles. The quantitative estimate of drug-likeness (QED) is 0.514. The van der Waals surface area contributed by atoms with Crippen molar-refractivity contribution in [3.05, 3.63) is 92.4 Å². The van der Waals surface area contributed by atoms with Crippen LogP contribution in [0.15, 0.2) is 64.2 Å². The molecule has 3 rings (SSSR count). The first-order valence-electron chi connectivity index (χ1n) is 10.7. The number of aromatic amines is 1. The maximum atomic E-state index is 13.1. The van der Waals surface area contributed by atoms with Crippen molar-refractivity contribution in [1.29, 1.82) is 0 Å². The third-order valence-electron chi connectivity index (χ3n) is 5.39. The minimum Gasteiger partial charge on any atom is -0.383 e. The molecule has 3 N–H and O–H groups in total. The van der Waals surface area contributed by atoms with E-state index in [0.717, 1.165) is 11.1 Å². The molecule has 0 fully saturated rings. The van der Waals surface area contributed by atoms with Crippen molar-refractivity contribution < 1.29 is 9.18 Å². The first-order chi connectivity index (χ1) is 15.8. The average molecular weight is 454 g/mol. The van der Waals surface area contributed by atoms with Crippen LogP contribution in [0.25, 0.3) is 0 Å². The molecule has 0 radical (unpaired) electrons. The summed E-state index contributed by atoms with van der Waals surface area (Å²) in [7, 11) is 1.79. The predicted molar refractivity (Wildman–Crippen MR) is 127 cm³/mol. The fourth-order valence-corrected chi connectivity index (χ4v) is 3.59. The molecule has 0 aliphatic rings. The molecule has 0 saturated heterocycles. The van der Waals surface area contributed by atoms with Gasteiger partial charge in [-0.25, -0.2) is 9.18 Å². The van der Waals surface area contributed by atoms with Crippen molar-refractivity contribution in [2.75, 3.05) is 37.3 Å². The summed E-state index contributed by atoms with van der Waals surface area (Å²) in [5.41, 5.74) is 6.64. The average Bonchev–Trinajstić information content (AvgIpc) is 2.79. The van der Waals surface area contributed by atoms with Crippen LogP contribution in [0.1, 0.15) is 18.1 Å². The number of amides is 1. The highest BCUT2D eigenvalue weighted by molar-refractivity contribution is 5.96. The molecule has 0 aliphatic heterocycles. The van der Waals surface area contributed by atoms with Crippen LogP contribution in [-0.4, -0.2) is 47.0 Å². The normalized spacial score (nSPS) is 11.0. The Labute approximate surface area is 191 Å². The molecule has 8 nitrogen and oxygen atoms in total. The van der Waals surface area contributed by atoms with Crippen LogP contribution < -0.4 is 21.9 Å². The van der Waals surface area contributed by atoms with Crippen LogP contribution in [0, 0.1) is 5.82 Å². The summed E-state index contributed by atoms with van der Waals surface area (Å²) in [6, 6.07) is 15.4. The molecule has 0 bridgehead atoms. The number of hydrogen-bond acceptors (Lipinski definition) is 5. The van der Waals surface area contributed by atoms with Gasteiger partial charge in [-0.3, -0.25) is 24.0 Å². The van der Waals surface area contributed by atoms with Crippen molar-refractivity contribution in [3.8, 4) is 0 Å². The first kappa shape index (κ1) is 23.9. The lowest BCUT2D eigenvalue weighted by atomic mass is 10.1. The summed E-state index contributed by atoms with van der Waals surface area (Å²) in [6.45, 7) is 2.72. The molecular formula is C24H28FN5O3. The molecule has 1 aromatic heterocycles. The van der Waals surface area contributed by atoms with Gasteiger partial charge in [0, 0.05) is 13.1 Å². The Morgan fingerprint density at radius 1 is 1.06 bits per heavy atom. The van der Waals surface area contributed by atoms with Gasteiger partial charge in [0.25, 0.3) is 5.56 Å². The number of anilines is 2. The summed E-state index contributed by atoms with van der Waals surface area (Å²) < 4.78 is 14.3. The zero-order valence-corrected chi connectivity index (χ0v) is 18.8. The van der Waals surface area contributed by atoms with Gasteiger partial charge in [-0.05, 0) is 43.7 Å². The highest BCUT2D eigenvalue weighted by Gasteiger charge is 2.23. The number of nitrogens with two attached hydrogens (primary N) is 1. The van der Waals surface area contributed by atoms with Crippen LogP contribution in [0.5, 0.6) is 0 Å². The molecule has 9 heteroatoms. The van der Waals surface area contributed by atoms with E-state index in [0.29, 0.717) is 13.0 Å². The molecule has 1 heterocycles. The van der Waals surface area contributed by atoms with E-state index in [9.17, 15) is 18.8 Å². The molecular weight excluding hydrogens is 425 g/mol. The van der Waals surface area contributed by atoms with E-state index >= 15 is 0 Å². The van der Waals surface area contributed by atoms with E-state index in [1.165, 1.54) is 21.6 Å². The second-order valence-corrected chi connectivity index (χ2v) is 7.82. The van der Waals surface area contributed by atoms with Gasteiger partial charge in [0.15, 0.2) is 5.69 Å². The number of H-pyrrole nitrogens is 1. The van der Waals surface area contributed by atoms with Gasteiger partial charge in [-0.1, -0.05) is 42.5 Å². The number of carbonyl (C=O) groups is 1. The van der Waals surface area contributed by atoms with Gasteiger partial charge in [0.1, 0.15) is 11.6 Å². The minimum atomic E-state index is -0.703. The number of benzene rings is 2. The largest absolute Gasteiger partial charge is 0.383 e. The Bertz CT molecular complexity index is 1210. The van der Waals surface area contributed by atoms with E-state index in [4.69, 9.17) is 5.73 Å². The lowest BCUT2D eigenvalue weighted by Crippen LogP contribution is -2.44. The summed E-state index contributed by atoms with van der Waals surface area (Å²) >= 11 is 0. The molecule has 1 amide bonds. The third kappa shape index (κ3) is 5.95. The van der Waals surface area contributed by atoms with Crippen molar-refractivity contribution >= 4 is 17.4 Å². The SMILES string of the molecule is CCN(C(=O)CN(C)CCc1ccc(F)cc1)c1c(N)n(Cc2ccccc2)c(=O)[nH]c1=O. The Morgan fingerprint density at radius 3 is 2.36 bits per heavy atom. The van der Waals surface area contributed by atoms with Crippen LogP contribution in [-0.2, 0) is 17.8 Å². The number of likely N-dealkylation sites (N-methyl/N-ethyl adjacent to an activating group) is 2. The van der Waals surface area contributed by atoms with Gasteiger partial charge in [-0.2, -0.15) is 0 Å². The monoisotopic (exact) mass is 453 g/mol. The summed E-state index contributed by atoms with van der Waals surface area (Å²) in [6.07, 6.45) is 0.640. The molecule has 0 atom stereocenters. The highest BCUT2D eigenvalue weighted by Crippen LogP contribution is 2.18. The van der Waals surface area contributed by atoms with Gasteiger partial charge in [0.05, 0.1) is 13.1 Å². The summed E-state index contributed by atoms with van der Waals surface area (Å²) in [4.78, 5) is 43.4. The highest BCUT2D eigenvalue weighted by atomic mass is 19.1. The Hall–Kier alpha value is -3.72. The molecule has 0 unspecified atom stereocenters. The fourth-order valence-electron chi connectivity index (χ4n) is 3.59. The number of nitrogen functional groups attached to an aromatic ring is 1. The lowest BCUT2D eigenvalue weighted by Gasteiger charge is -2.25. The third-order valence-corrected chi connectivity index (χ3v) is 5.39. The molecule has 2 aromatic carbocycles. The number of nitrogens with one attached hydrogen (secondary N) is 1. The number of halogens is 1. The van der Waals surface area contributed by atoms with Gasteiger partial charge in [-0.15, -0.1) is 0 Å². The van der Waals surface area contributed by atoms with E-state index in [1.807, 2.05) is 35.2 Å². The van der Waals surface area contributed by atoms with E-state index < -0.39 is 11.2 Å². The molecule has 0 spiro atoms. The fraction of sp³-hybridized carbons (Fsp3) is 0.292. The predicted octanol–water partition coefficient (Wildman–Crippen LogP) is 1.83. The van der Waals surface area contributed by atoms with Gasteiger partial charge < -0.3 is 10.6 Å². The molecule has 0 aliphatic carbocycles. The zero-order chi connectivity index (χ0) is 24.0. The number of aromatic nitrogens is 2. The van der Waals surface area contributed by atoms with Crippen LogP contribution in [0.4, 0.5) is 15.9 Å². The molecule has 33 heavy (non-hydrogen) atoms. The summed E-state index contributed by atoms with van der Waals surface area (Å²) in [5.74, 6) is -0.671. The van der Waals surface area contributed by atoms with Crippen LogP contribution >= 0.6 is 0 Å². The van der Waals surface area contributed by atoms with Gasteiger partial charge >= 0.3 is 5.69 Å².